The predicted octanol–water partition coefficient (Wildman–Crippen LogP) is 2.76. The van der Waals surface area contributed by atoms with E-state index in [-0.39, 0.29) is 12.4 Å². The number of carbonyl (C=O) groups excluding carboxylic acids is 1. The van der Waals surface area contributed by atoms with Gasteiger partial charge in [-0.15, -0.1) is 0 Å². The van der Waals surface area contributed by atoms with Crippen LogP contribution in [0.3, 0.4) is 0 Å². The number of methoxy groups -OCH3 is 1. The second-order valence-corrected chi connectivity index (χ2v) is 4.87. The van der Waals surface area contributed by atoms with Gasteiger partial charge >= 0.3 is 0 Å². The lowest BCUT2D eigenvalue weighted by Crippen LogP contribution is -2.24. The number of hydrazone groups is 1. The van der Waals surface area contributed by atoms with E-state index in [1.54, 1.807) is 25.3 Å². The zero-order valence-electron chi connectivity index (χ0n) is 14.0. The second kappa shape index (κ2) is 9.27. The van der Waals surface area contributed by atoms with Crippen molar-refractivity contribution in [2.24, 2.45) is 5.10 Å². The summed E-state index contributed by atoms with van der Waals surface area (Å²) in [5, 5.41) is 3.89. The van der Waals surface area contributed by atoms with Gasteiger partial charge in [0, 0.05) is 5.56 Å². The van der Waals surface area contributed by atoms with Crippen molar-refractivity contribution in [2.75, 3.05) is 20.3 Å². The van der Waals surface area contributed by atoms with Crippen molar-refractivity contribution in [3.63, 3.8) is 0 Å². The third-order valence-electron chi connectivity index (χ3n) is 3.09. The fourth-order valence-corrected chi connectivity index (χ4v) is 1.93. The summed E-state index contributed by atoms with van der Waals surface area (Å²) in [4.78, 5) is 11.7. The Hall–Kier alpha value is -3.09. The standard InChI is InChI=1S/C18H19FN2O4/c1-3-24-17-9-8-16(23-2)10-13(17)11-20-21-18(22)12-25-15-6-4-14(19)5-7-15/h4-11H,3,12H2,1-2H3,(H,21,22). The third kappa shape index (κ3) is 5.80. The van der Waals surface area contributed by atoms with Crippen LogP contribution >= 0.6 is 0 Å². The fourth-order valence-electron chi connectivity index (χ4n) is 1.93. The summed E-state index contributed by atoms with van der Waals surface area (Å²) < 4.78 is 28.7. The molecule has 1 amide bonds. The van der Waals surface area contributed by atoms with E-state index in [1.165, 1.54) is 30.5 Å². The van der Waals surface area contributed by atoms with Gasteiger partial charge in [-0.1, -0.05) is 0 Å². The van der Waals surface area contributed by atoms with E-state index in [9.17, 15) is 9.18 Å². The molecular formula is C18H19FN2O4. The largest absolute Gasteiger partial charge is 0.497 e. The minimum absolute atomic E-state index is 0.237. The van der Waals surface area contributed by atoms with Gasteiger partial charge in [0.05, 0.1) is 19.9 Å². The summed E-state index contributed by atoms with van der Waals surface area (Å²) in [6.07, 6.45) is 1.46. The van der Waals surface area contributed by atoms with Crippen LogP contribution in [0.5, 0.6) is 17.2 Å². The molecule has 0 saturated carbocycles. The molecule has 2 rings (SSSR count). The minimum Gasteiger partial charge on any atom is -0.497 e. The van der Waals surface area contributed by atoms with Crippen LogP contribution in [0, 0.1) is 5.82 Å². The average Bonchev–Trinajstić information content (AvgIpc) is 2.62. The number of hydrogen-bond acceptors (Lipinski definition) is 5. The van der Waals surface area contributed by atoms with E-state index in [0.717, 1.165) is 0 Å². The molecule has 0 heterocycles. The van der Waals surface area contributed by atoms with E-state index in [0.29, 0.717) is 29.4 Å². The van der Waals surface area contributed by atoms with Gasteiger partial charge in [-0.05, 0) is 49.4 Å². The lowest BCUT2D eigenvalue weighted by molar-refractivity contribution is -0.123. The number of rotatable bonds is 8. The van der Waals surface area contributed by atoms with Crippen molar-refractivity contribution in [3.8, 4) is 17.2 Å². The van der Waals surface area contributed by atoms with Gasteiger partial charge in [0.15, 0.2) is 6.61 Å². The molecule has 1 N–H and O–H groups in total. The number of carbonyl (C=O) groups is 1. The Morgan fingerprint density at radius 2 is 1.88 bits per heavy atom. The fraction of sp³-hybridized carbons (Fsp3) is 0.222. The molecule has 25 heavy (non-hydrogen) atoms. The molecule has 0 aliphatic rings. The Morgan fingerprint density at radius 1 is 1.16 bits per heavy atom. The molecule has 0 aromatic heterocycles. The Kier molecular flexibility index (Phi) is 6.76. The Balaban J connectivity index is 1.91. The molecule has 2 aromatic carbocycles. The summed E-state index contributed by atoms with van der Waals surface area (Å²) in [6.45, 7) is 2.14. The molecule has 0 aliphatic heterocycles. The zero-order valence-corrected chi connectivity index (χ0v) is 14.0. The second-order valence-electron chi connectivity index (χ2n) is 4.87. The third-order valence-corrected chi connectivity index (χ3v) is 3.09. The summed E-state index contributed by atoms with van der Waals surface area (Å²) in [5.41, 5.74) is 3.02. The van der Waals surface area contributed by atoms with Gasteiger partial charge in [-0.2, -0.15) is 5.10 Å². The van der Waals surface area contributed by atoms with Crippen molar-refractivity contribution in [1.82, 2.24) is 5.43 Å². The van der Waals surface area contributed by atoms with Crippen molar-refractivity contribution in [3.05, 3.63) is 53.8 Å². The number of halogens is 1. The molecule has 0 fully saturated rings. The molecule has 6 nitrogen and oxygen atoms in total. The van der Waals surface area contributed by atoms with E-state index in [1.807, 2.05) is 6.92 Å². The summed E-state index contributed by atoms with van der Waals surface area (Å²) in [6, 6.07) is 10.7. The van der Waals surface area contributed by atoms with Crippen LogP contribution in [0.2, 0.25) is 0 Å². The highest BCUT2D eigenvalue weighted by Gasteiger charge is 2.05. The topological polar surface area (TPSA) is 69.2 Å². The normalized spacial score (nSPS) is 10.5. The van der Waals surface area contributed by atoms with Gasteiger partial charge in [0.25, 0.3) is 5.91 Å². The first kappa shape index (κ1) is 18.3. The number of benzene rings is 2. The maximum Gasteiger partial charge on any atom is 0.277 e. The minimum atomic E-state index is -0.443. The first-order valence-corrected chi connectivity index (χ1v) is 7.63. The monoisotopic (exact) mass is 346 g/mol. The van der Waals surface area contributed by atoms with Gasteiger partial charge in [-0.25, -0.2) is 9.82 Å². The number of amides is 1. The van der Waals surface area contributed by atoms with E-state index in [4.69, 9.17) is 14.2 Å². The van der Waals surface area contributed by atoms with Gasteiger partial charge in [0.2, 0.25) is 0 Å². The summed E-state index contributed by atoms with van der Waals surface area (Å²) in [5.74, 6) is 0.859. The average molecular weight is 346 g/mol. The number of hydrogen-bond donors (Lipinski definition) is 1. The SMILES string of the molecule is CCOc1ccc(OC)cc1C=NNC(=O)COc1ccc(F)cc1. The number of ether oxygens (including phenoxy) is 3. The smallest absolute Gasteiger partial charge is 0.277 e. The van der Waals surface area contributed by atoms with Gasteiger partial charge in [-0.3, -0.25) is 4.79 Å². The predicted molar refractivity (Wildman–Crippen MR) is 91.8 cm³/mol. The molecule has 0 radical (unpaired) electrons. The van der Waals surface area contributed by atoms with E-state index >= 15 is 0 Å². The van der Waals surface area contributed by atoms with E-state index < -0.39 is 5.91 Å². The van der Waals surface area contributed by atoms with Crippen LogP contribution in [0.4, 0.5) is 4.39 Å². The highest BCUT2D eigenvalue weighted by atomic mass is 19.1. The van der Waals surface area contributed by atoms with Crippen LogP contribution in [-0.4, -0.2) is 32.4 Å². The van der Waals surface area contributed by atoms with Crippen LogP contribution < -0.4 is 19.6 Å². The first-order chi connectivity index (χ1) is 12.1. The molecule has 0 bridgehead atoms. The van der Waals surface area contributed by atoms with Gasteiger partial charge < -0.3 is 14.2 Å². The summed E-state index contributed by atoms with van der Waals surface area (Å²) >= 11 is 0. The highest BCUT2D eigenvalue weighted by molar-refractivity contribution is 5.86. The van der Waals surface area contributed by atoms with Crippen LogP contribution in [0.1, 0.15) is 12.5 Å². The molecule has 2 aromatic rings. The maximum atomic E-state index is 12.8. The first-order valence-electron chi connectivity index (χ1n) is 7.63. The maximum absolute atomic E-state index is 12.8. The van der Waals surface area contributed by atoms with Crippen molar-refractivity contribution < 1.29 is 23.4 Å². The lowest BCUT2D eigenvalue weighted by atomic mass is 10.2. The van der Waals surface area contributed by atoms with Crippen LogP contribution in [-0.2, 0) is 4.79 Å². The Labute approximate surface area is 145 Å². The Morgan fingerprint density at radius 3 is 2.56 bits per heavy atom. The zero-order chi connectivity index (χ0) is 18.1. The van der Waals surface area contributed by atoms with Crippen molar-refractivity contribution >= 4 is 12.1 Å². The highest BCUT2D eigenvalue weighted by Crippen LogP contribution is 2.22. The van der Waals surface area contributed by atoms with Crippen LogP contribution in [0.25, 0.3) is 0 Å². The number of nitrogens with zero attached hydrogens (tertiary/aromatic N) is 1. The molecule has 0 spiro atoms. The molecular weight excluding hydrogens is 327 g/mol. The van der Waals surface area contributed by atoms with Crippen molar-refractivity contribution in [1.29, 1.82) is 0 Å². The molecule has 0 unspecified atom stereocenters. The van der Waals surface area contributed by atoms with Gasteiger partial charge in [0.1, 0.15) is 23.1 Å². The van der Waals surface area contributed by atoms with Crippen molar-refractivity contribution in [2.45, 2.75) is 6.92 Å². The molecule has 0 aliphatic carbocycles. The Bertz CT molecular complexity index is 732. The molecule has 0 atom stereocenters. The summed E-state index contributed by atoms with van der Waals surface area (Å²) in [7, 11) is 1.56. The van der Waals surface area contributed by atoms with Crippen LogP contribution in [0.15, 0.2) is 47.6 Å². The number of nitrogens with one attached hydrogen (secondary N) is 1. The molecule has 0 saturated heterocycles. The molecule has 7 heteroatoms. The molecule has 132 valence electrons. The van der Waals surface area contributed by atoms with E-state index in [2.05, 4.69) is 10.5 Å². The lowest BCUT2D eigenvalue weighted by Gasteiger charge is -2.08. The quantitative estimate of drug-likeness (QED) is 0.589.